The van der Waals surface area contributed by atoms with Crippen LogP contribution in [0.1, 0.15) is 11.4 Å². The maximum atomic E-state index is 6.22. The van der Waals surface area contributed by atoms with Gasteiger partial charge in [-0.1, -0.05) is 42.5 Å². The summed E-state index contributed by atoms with van der Waals surface area (Å²) in [7, 11) is 0.250. The van der Waals surface area contributed by atoms with E-state index < -0.39 is 8.32 Å². The summed E-state index contributed by atoms with van der Waals surface area (Å²) in [4.78, 5) is 9.44. The number of hydrogen-bond acceptors (Lipinski definition) is 3. The molecule has 3 rings (SSSR count). The zero-order valence-electron chi connectivity index (χ0n) is 15.1. The fourth-order valence-electron chi connectivity index (χ4n) is 2.52. The summed E-state index contributed by atoms with van der Waals surface area (Å²) < 4.78 is 8.20. The minimum absolute atomic E-state index is 0.823. The van der Waals surface area contributed by atoms with Gasteiger partial charge in [0.05, 0.1) is 0 Å². The van der Waals surface area contributed by atoms with Gasteiger partial charge in [0, 0.05) is 25.0 Å². The molecule has 0 saturated carbocycles. The van der Waals surface area contributed by atoms with E-state index in [9.17, 15) is 0 Å². The van der Waals surface area contributed by atoms with Crippen LogP contribution >= 0.6 is 0 Å². The van der Waals surface area contributed by atoms with Crippen LogP contribution in [0.15, 0.2) is 72.0 Å². The van der Waals surface area contributed by atoms with Crippen molar-refractivity contribution in [2.45, 2.75) is 19.6 Å². The molecule has 0 N–H and O–H groups in total. The lowest BCUT2D eigenvalue weighted by molar-refractivity contribution is 0.559. The molecule has 0 unspecified atom stereocenters. The summed E-state index contributed by atoms with van der Waals surface area (Å²) in [6.45, 7) is 6.51. The Morgan fingerprint density at radius 2 is 1.68 bits per heavy atom. The molecule has 2 aromatic carbocycles. The van der Waals surface area contributed by atoms with Gasteiger partial charge in [-0.3, -0.25) is 0 Å². The van der Waals surface area contributed by atoms with Gasteiger partial charge in [-0.25, -0.2) is 9.98 Å². The van der Waals surface area contributed by atoms with Gasteiger partial charge >= 0.3 is 0 Å². The van der Waals surface area contributed by atoms with Crippen LogP contribution in [0, 0.1) is 0 Å². The molecule has 25 heavy (non-hydrogen) atoms. The van der Waals surface area contributed by atoms with Crippen LogP contribution in [0.3, 0.4) is 0 Å². The monoisotopic (exact) mass is 349 g/mol. The van der Waals surface area contributed by atoms with E-state index in [0.29, 0.717) is 0 Å². The molecule has 0 radical (unpaired) electrons. The van der Waals surface area contributed by atoms with E-state index in [1.807, 2.05) is 60.3 Å². The molecule has 0 aliphatic heterocycles. The molecular formula is C20H23N3OSi. The maximum Gasteiger partial charge on any atom is 0.242 e. The molecule has 0 spiro atoms. The second kappa shape index (κ2) is 7.07. The molecule has 0 fully saturated rings. The number of nitrogens with zero attached hydrogens (tertiary/aromatic N) is 3. The molecule has 0 aliphatic carbocycles. The van der Waals surface area contributed by atoms with E-state index in [0.717, 1.165) is 28.5 Å². The van der Waals surface area contributed by atoms with Crippen molar-refractivity contribution in [3.8, 4) is 5.75 Å². The van der Waals surface area contributed by atoms with Crippen molar-refractivity contribution in [2.24, 2.45) is 12.0 Å². The summed E-state index contributed by atoms with van der Waals surface area (Å²) in [5.41, 5.74) is 2.69. The number of aliphatic imine (C=N–C) groups is 1. The Morgan fingerprint density at radius 3 is 2.32 bits per heavy atom. The van der Waals surface area contributed by atoms with Gasteiger partial charge in [0.25, 0.3) is 0 Å². The van der Waals surface area contributed by atoms with Crippen LogP contribution in [0.25, 0.3) is 0 Å². The standard InChI is InChI=1S/C20H23N3OSi/c1-23-15-14-21-20(23)19(16-10-6-5-7-11-16)22-17-12-8-9-13-18(17)24-25(2,3)4/h5-15H,1-4H3. The van der Waals surface area contributed by atoms with Crippen molar-refractivity contribution in [3.05, 3.63) is 78.4 Å². The summed E-state index contributed by atoms with van der Waals surface area (Å²) in [6.07, 6.45) is 3.72. The first-order valence-corrected chi connectivity index (χ1v) is 11.7. The number of benzene rings is 2. The fourth-order valence-corrected chi connectivity index (χ4v) is 3.35. The number of rotatable bonds is 5. The first-order chi connectivity index (χ1) is 11.9. The highest BCUT2D eigenvalue weighted by Crippen LogP contribution is 2.30. The largest absolute Gasteiger partial charge is 0.543 e. The quantitative estimate of drug-likeness (QED) is 0.490. The number of imidazole rings is 1. The molecule has 1 heterocycles. The molecule has 128 valence electrons. The van der Waals surface area contributed by atoms with Crippen LogP contribution < -0.4 is 4.43 Å². The fraction of sp³-hybridized carbons (Fsp3) is 0.200. The Kier molecular flexibility index (Phi) is 4.85. The summed E-state index contributed by atoms with van der Waals surface area (Å²) >= 11 is 0. The van der Waals surface area contributed by atoms with Crippen molar-refractivity contribution in [3.63, 3.8) is 0 Å². The van der Waals surface area contributed by atoms with E-state index in [-0.39, 0.29) is 0 Å². The van der Waals surface area contributed by atoms with E-state index in [4.69, 9.17) is 9.42 Å². The Hall–Kier alpha value is -2.66. The number of hydrogen-bond donors (Lipinski definition) is 0. The van der Waals surface area contributed by atoms with Crippen molar-refractivity contribution in [1.29, 1.82) is 0 Å². The van der Waals surface area contributed by atoms with E-state index in [1.54, 1.807) is 6.20 Å². The number of aromatic nitrogens is 2. The van der Waals surface area contributed by atoms with Gasteiger partial charge in [-0.15, -0.1) is 0 Å². The van der Waals surface area contributed by atoms with Gasteiger partial charge < -0.3 is 8.99 Å². The third-order valence-electron chi connectivity index (χ3n) is 3.59. The molecule has 0 saturated heterocycles. The molecular weight excluding hydrogens is 326 g/mol. The summed E-state index contributed by atoms with van der Waals surface area (Å²) in [5.74, 6) is 1.65. The first kappa shape index (κ1) is 17.2. The molecule has 0 bridgehead atoms. The minimum atomic E-state index is -1.73. The van der Waals surface area contributed by atoms with Crippen molar-refractivity contribution >= 4 is 19.7 Å². The molecule has 4 nitrogen and oxygen atoms in total. The van der Waals surface area contributed by atoms with E-state index in [1.165, 1.54) is 0 Å². The molecule has 0 amide bonds. The molecule has 5 heteroatoms. The van der Waals surface area contributed by atoms with Gasteiger partial charge in [0.1, 0.15) is 17.1 Å². The Bertz CT molecular complexity index is 879. The average Bonchev–Trinajstić information content (AvgIpc) is 2.99. The van der Waals surface area contributed by atoms with Gasteiger partial charge in [-0.05, 0) is 31.8 Å². The lowest BCUT2D eigenvalue weighted by Gasteiger charge is -2.20. The van der Waals surface area contributed by atoms with Crippen molar-refractivity contribution in [1.82, 2.24) is 9.55 Å². The molecule has 0 aliphatic rings. The van der Waals surface area contributed by atoms with Gasteiger partial charge in [0.15, 0.2) is 5.82 Å². The van der Waals surface area contributed by atoms with Crippen molar-refractivity contribution < 1.29 is 4.43 Å². The second-order valence-electron chi connectivity index (χ2n) is 6.87. The highest BCUT2D eigenvalue weighted by molar-refractivity contribution is 6.70. The van der Waals surface area contributed by atoms with Crippen molar-refractivity contribution in [2.75, 3.05) is 0 Å². The highest BCUT2D eigenvalue weighted by atomic mass is 28.4. The van der Waals surface area contributed by atoms with E-state index >= 15 is 0 Å². The average molecular weight is 350 g/mol. The topological polar surface area (TPSA) is 39.4 Å². The Balaban J connectivity index is 2.14. The number of para-hydroxylation sites is 2. The Morgan fingerprint density at radius 1 is 1.00 bits per heavy atom. The SMILES string of the molecule is Cn1ccnc1C(=Nc1ccccc1O[Si](C)(C)C)c1ccccc1. The van der Waals surface area contributed by atoms with Crippen LogP contribution in [0.2, 0.25) is 19.6 Å². The smallest absolute Gasteiger partial charge is 0.242 e. The molecule has 0 atom stereocenters. The summed E-state index contributed by atoms with van der Waals surface area (Å²) in [5, 5.41) is 0. The zero-order chi connectivity index (χ0) is 17.9. The molecule has 1 aromatic heterocycles. The highest BCUT2D eigenvalue weighted by Gasteiger charge is 2.19. The van der Waals surface area contributed by atoms with Crippen LogP contribution in [-0.4, -0.2) is 23.6 Å². The summed E-state index contributed by atoms with van der Waals surface area (Å²) in [6, 6.07) is 18.1. The third kappa shape index (κ3) is 4.25. The normalized spacial score (nSPS) is 12.2. The zero-order valence-corrected chi connectivity index (χ0v) is 16.1. The first-order valence-electron chi connectivity index (χ1n) is 8.34. The minimum Gasteiger partial charge on any atom is -0.543 e. The van der Waals surface area contributed by atoms with Crippen LogP contribution in [-0.2, 0) is 7.05 Å². The van der Waals surface area contributed by atoms with E-state index in [2.05, 4.69) is 36.8 Å². The third-order valence-corrected chi connectivity index (χ3v) is 4.43. The lowest BCUT2D eigenvalue weighted by Crippen LogP contribution is -2.29. The van der Waals surface area contributed by atoms with Crippen LogP contribution in [0.4, 0.5) is 5.69 Å². The van der Waals surface area contributed by atoms with Gasteiger partial charge in [-0.2, -0.15) is 0 Å². The predicted molar refractivity (Wildman–Crippen MR) is 105 cm³/mol. The molecule has 3 aromatic rings. The maximum absolute atomic E-state index is 6.22. The lowest BCUT2D eigenvalue weighted by atomic mass is 10.1. The Labute approximate surface area is 150 Å². The van der Waals surface area contributed by atoms with Crippen LogP contribution in [0.5, 0.6) is 5.75 Å². The van der Waals surface area contributed by atoms with Gasteiger partial charge in [0.2, 0.25) is 8.32 Å². The second-order valence-corrected chi connectivity index (χ2v) is 11.3. The predicted octanol–water partition coefficient (Wildman–Crippen LogP) is 4.80. The number of aryl methyl sites for hydroxylation is 1.